The Hall–Kier alpha value is -2.55. The van der Waals surface area contributed by atoms with Crippen molar-refractivity contribution in [3.05, 3.63) is 70.1 Å². The summed E-state index contributed by atoms with van der Waals surface area (Å²) in [6.45, 7) is 0. The lowest BCUT2D eigenvalue weighted by Crippen LogP contribution is -2.15. The molecule has 23 heavy (non-hydrogen) atoms. The maximum absolute atomic E-state index is 13.5. The summed E-state index contributed by atoms with van der Waals surface area (Å²) < 4.78 is 13.5. The summed E-state index contributed by atoms with van der Waals surface area (Å²) in [6.07, 6.45) is 1.12. The van der Waals surface area contributed by atoms with Crippen LogP contribution in [0.25, 0.3) is 0 Å². The predicted octanol–water partition coefficient (Wildman–Crippen LogP) is 4.59. The Bertz CT molecular complexity index is 815. The van der Waals surface area contributed by atoms with Gasteiger partial charge >= 0.3 is 0 Å². The molecule has 0 fully saturated rings. The van der Waals surface area contributed by atoms with Crippen LogP contribution in [-0.4, -0.2) is 5.91 Å². The third-order valence-electron chi connectivity index (χ3n) is 2.81. The van der Waals surface area contributed by atoms with Gasteiger partial charge < -0.3 is 10.6 Å². The number of carbonyl (C=O) groups excluding carboxylic acids is 1. The minimum atomic E-state index is -0.694. The van der Waals surface area contributed by atoms with Crippen molar-refractivity contribution >= 4 is 40.5 Å². The standard InChI is InChI=1S/C16H10Cl2FN3O/c17-11-4-3-7-14(15(11)18)22-16(23)10(8-20)9-21-13-6-2-1-5-12(13)19/h1-7,9,21H,(H,22,23)/b10-9-. The van der Waals surface area contributed by atoms with Crippen molar-refractivity contribution in [2.75, 3.05) is 10.6 Å². The molecule has 2 aromatic rings. The first-order valence-electron chi connectivity index (χ1n) is 6.39. The number of hydrogen-bond donors (Lipinski definition) is 2. The van der Waals surface area contributed by atoms with Gasteiger partial charge in [-0.3, -0.25) is 4.79 Å². The predicted molar refractivity (Wildman–Crippen MR) is 88.8 cm³/mol. The van der Waals surface area contributed by atoms with Gasteiger partial charge in [-0.1, -0.05) is 41.4 Å². The minimum absolute atomic E-state index is 0.147. The van der Waals surface area contributed by atoms with Crippen LogP contribution in [0.1, 0.15) is 0 Å². The third kappa shape index (κ3) is 4.22. The van der Waals surface area contributed by atoms with Crippen LogP contribution in [0.2, 0.25) is 10.0 Å². The average molecular weight is 350 g/mol. The molecule has 2 aromatic carbocycles. The Morgan fingerprint density at radius 2 is 1.83 bits per heavy atom. The molecule has 0 radical (unpaired) electrons. The van der Waals surface area contributed by atoms with Gasteiger partial charge in [0.1, 0.15) is 17.5 Å². The second kappa shape index (κ2) is 7.63. The molecule has 0 unspecified atom stereocenters. The number of nitrogens with one attached hydrogen (secondary N) is 2. The van der Waals surface area contributed by atoms with Crippen LogP contribution in [0, 0.1) is 17.1 Å². The molecule has 0 aromatic heterocycles. The number of amides is 1. The first-order chi connectivity index (χ1) is 11.0. The fraction of sp³-hybridized carbons (Fsp3) is 0. The van der Waals surface area contributed by atoms with Gasteiger partial charge in [-0.05, 0) is 24.3 Å². The van der Waals surface area contributed by atoms with E-state index in [0.717, 1.165) is 6.20 Å². The van der Waals surface area contributed by atoms with E-state index in [2.05, 4.69) is 10.6 Å². The summed E-state index contributed by atoms with van der Waals surface area (Å²) in [5, 5.41) is 14.6. The summed E-state index contributed by atoms with van der Waals surface area (Å²) in [4.78, 5) is 12.1. The molecule has 0 atom stereocenters. The van der Waals surface area contributed by atoms with E-state index in [1.165, 1.54) is 18.2 Å². The topological polar surface area (TPSA) is 64.9 Å². The Kier molecular flexibility index (Phi) is 5.58. The van der Waals surface area contributed by atoms with Gasteiger partial charge in [0.2, 0.25) is 0 Å². The Balaban J connectivity index is 2.16. The van der Waals surface area contributed by atoms with Crippen molar-refractivity contribution in [2.24, 2.45) is 0 Å². The molecule has 0 aliphatic heterocycles. The van der Waals surface area contributed by atoms with Crippen LogP contribution in [0.4, 0.5) is 15.8 Å². The largest absolute Gasteiger partial charge is 0.358 e. The zero-order valence-corrected chi connectivity index (χ0v) is 13.1. The molecule has 116 valence electrons. The molecule has 0 heterocycles. The van der Waals surface area contributed by atoms with Gasteiger partial charge in [-0.15, -0.1) is 0 Å². The third-order valence-corrected chi connectivity index (χ3v) is 3.63. The SMILES string of the molecule is N#C/C(=C/Nc1ccccc1F)C(=O)Nc1cccc(Cl)c1Cl. The molecule has 0 bridgehead atoms. The number of anilines is 2. The number of halogens is 3. The van der Waals surface area contributed by atoms with E-state index in [1.807, 2.05) is 0 Å². The lowest BCUT2D eigenvalue weighted by molar-refractivity contribution is -0.112. The number of nitrogens with zero attached hydrogens (tertiary/aromatic N) is 1. The minimum Gasteiger partial charge on any atom is -0.358 e. The quantitative estimate of drug-likeness (QED) is 0.626. The zero-order chi connectivity index (χ0) is 16.8. The van der Waals surface area contributed by atoms with E-state index in [9.17, 15) is 9.18 Å². The van der Waals surface area contributed by atoms with E-state index in [4.69, 9.17) is 28.5 Å². The van der Waals surface area contributed by atoms with Gasteiger partial charge in [0.15, 0.2) is 0 Å². The average Bonchev–Trinajstić information content (AvgIpc) is 2.54. The molecular formula is C16H10Cl2FN3O. The Morgan fingerprint density at radius 3 is 2.52 bits per heavy atom. The van der Waals surface area contributed by atoms with E-state index in [1.54, 1.807) is 30.3 Å². The lowest BCUT2D eigenvalue weighted by Gasteiger charge is -2.08. The van der Waals surface area contributed by atoms with Gasteiger partial charge in [0.25, 0.3) is 5.91 Å². The Labute approximate surface area is 142 Å². The first kappa shape index (κ1) is 16.8. The summed E-state index contributed by atoms with van der Waals surface area (Å²) >= 11 is 11.8. The zero-order valence-electron chi connectivity index (χ0n) is 11.6. The van der Waals surface area contributed by atoms with Crippen LogP contribution >= 0.6 is 23.2 Å². The molecule has 0 saturated heterocycles. The number of rotatable bonds is 4. The maximum Gasteiger partial charge on any atom is 0.267 e. The lowest BCUT2D eigenvalue weighted by atomic mass is 10.2. The monoisotopic (exact) mass is 349 g/mol. The summed E-state index contributed by atoms with van der Waals surface area (Å²) in [5.41, 5.74) is 0.175. The van der Waals surface area contributed by atoms with E-state index in [0.29, 0.717) is 0 Å². The number of carbonyl (C=O) groups is 1. The highest BCUT2D eigenvalue weighted by Gasteiger charge is 2.12. The summed E-state index contributed by atoms with van der Waals surface area (Å²) in [6, 6.07) is 12.3. The summed E-state index contributed by atoms with van der Waals surface area (Å²) in [5.74, 6) is -1.19. The number of benzene rings is 2. The van der Waals surface area contributed by atoms with Crippen molar-refractivity contribution in [3.8, 4) is 6.07 Å². The van der Waals surface area contributed by atoms with Crippen LogP contribution < -0.4 is 10.6 Å². The second-order valence-electron chi connectivity index (χ2n) is 4.35. The van der Waals surface area contributed by atoms with E-state index >= 15 is 0 Å². The van der Waals surface area contributed by atoms with Gasteiger partial charge in [-0.25, -0.2) is 4.39 Å². The number of nitriles is 1. The van der Waals surface area contributed by atoms with E-state index < -0.39 is 11.7 Å². The molecule has 0 aliphatic carbocycles. The molecule has 0 spiro atoms. The fourth-order valence-corrected chi connectivity index (χ4v) is 2.01. The second-order valence-corrected chi connectivity index (χ2v) is 5.13. The molecule has 0 aliphatic rings. The molecule has 2 rings (SSSR count). The van der Waals surface area contributed by atoms with Gasteiger partial charge in [0, 0.05) is 6.20 Å². The fourth-order valence-electron chi connectivity index (χ4n) is 1.67. The molecule has 4 nitrogen and oxygen atoms in total. The van der Waals surface area contributed by atoms with Crippen molar-refractivity contribution in [2.45, 2.75) is 0 Å². The normalized spacial score (nSPS) is 10.8. The van der Waals surface area contributed by atoms with Crippen molar-refractivity contribution < 1.29 is 9.18 Å². The molecule has 2 N–H and O–H groups in total. The van der Waals surface area contributed by atoms with Crippen molar-refractivity contribution in [1.82, 2.24) is 0 Å². The van der Waals surface area contributed by atoms with E-state index in [-0.39, 0.29) is 27.0 Å². The van der Waals surface area contributed by atoms with Crippen LogP contribution in [0.5, 0.6) is 0 Å². The van der Waals surface area contributed by atoms with Gasteiger partial charge in [0.05, 0.1) is 21.4 Å². The highest BCUT2D eigenvalue weighted by molar-refractivity contribution is 6.44. The van der Waals surface area contributed by atoms with Crippen LogP contribution in [0.15, 0.2) is 54.2 Å². The first-order valence-corrected chi connectivity index (χ1v) is 7.15. The molecule has 0 saturated carbocycles. The molecule has 1 amide bonds. The van der Waals surface area contributed by atoms with Crippen molar-refractivity contribution in [1.29, 1.82) is 5.26 Å². The molecular weight excluding hydrogens is 340 g/mol. The molecule has 7 heteroatoms. The number of para-hydroxylation sites is 1. The summed E-state index contributed by atoms with van der Waals surface area (Å²) in [7, 11) is 0. The van der Waals surface area contributed by atoms with Gasteiger partial charge in [-0.2, -0.15) is 5.26 Å². The highest BCUT2D eigenvalue weighted by atomic mass is 35.5. The van der Waals surface area contributed by atoms with Crippen LogP contribution in [-0.2, 0) is 4.79 Å². The highest BCUT2D eigenvalue weighted by Crippen LogP contribution is 2.29. The van der Waals surface area contributed by atoms with Crippen molar-refractivity contribution in [3.63, 3.8) is 0 Å². The number of hydrogen-bond acceptors (Lipinski definition) is 3. The maximum atomic E-state index is 13.5. The Morgan fingerprint density at radius 1 is 1.13 bits per heavy atom. The van der Waals surface area contributed by atoms with Crippen LogP contribution in [0.3, 0.4) is 0 Å². The smallest absolute Gasteiger partial charge is 0.267 e.